The molecule has 0 N–H and O–H groups in total. The van der Waals surface area contributed by atoms with Crippen molar-refractivity contribution in [1.82, 2.24) is 9.55 Å². The second-order valence-corrected chi connectivity index (χ2v) is 5.60. The fraction of sp³-hybridized carbons (Fsp3) is 0.529. The number of carbonyl (C=O) groups is 1. The Balaban J connectivity index is 2.24. The molecule has 0 aliphatic rings. The second-order valence-electron chi connectivity index (χ2n) is 5.60. The van der Waals surface area contributed by atoms with Crippen molar-refractivity contribution in [1.29, 1.82) is 0 Å². The summed E-state index contributed by atoms with van der Waals surface area (Å²) >= 11 is 0. The van der Waals surface area contributed by atoms with Gasteiger partial charge in [0.1, 0.15) is 11.6 Å². The maximum absolute atomic E-state index is 12.2. The Hall–Kier alpha value is -1.64. The van der Waals surface area contributed by atoms with E-state index >= 15 is 0 Å². The maximum atomic E-state index is 12.2. The van der Waals surface area contributed by atoms with Gasteiger partial charge in [-0.2, -0.15) is 0 Å². The summed E-state index contributed by atoms with van der Waals surface area (Å²) in [7, 11) is 0. The molecule has 1 aromatic carbocycles. The smallest absolute Gasteiger partial charge is 0.140 e. The average molecular weight is 272 g/mol. The molecule has 3 nitrogen and oxygen atoms in total. The number of Topliss-reactive ketones (excluding diaryl/α,β-unsaturated/α-hetero) is 1. The molecule has 0 radical (unpaired) electrons. The Morgan fingerprint density at radius 1 is 1.30 bits per heavy atom. The second kappa shape index (κ2) is 6.69. The van der Waals surface area contributed by atoms with E-state index in [0.717, 1.165) is 36.2 Å². The Kier molecular flexibility index (Phi) is 4.94. The normalized spacial score (nSPS) is 12.8. The summed E-state index contributed by atoms with van der Waals surface area (Å²) in [5.74, 6) is 1.68. The number of hydrogen-bond donors (Lipinski definition) is 0. The van der Waals surface area contributed by atoms with E-state index < -0.39 is 0 Å². The minimum atomic E-state index is 0.298. The summed E-state index contributed by atoms with van der Waals surface area (Å²) in [6, 6.07) is 8.13. The van der Waals surface area contributed by atoms with Crippen LogP contribution in [0.4, 0.5) is 0 Å². The van der Waals surface area contributed by atoms with Crippen molar-refractivity contribution in [2.45, 2.75) is 53.0 Å². The zero-order chi connectivity index (χ0) is 14.5. The molecule has 0 saturated carbocycles. The van der Waals surface area contributed by atoms with Gasteiger partial charge in [0.05, 0.1) is 17.5 Å². The Morgan fingerprint density at radius 3 is 2.75 bits per heavy atom. The highest BCUT2D eigenvalue weighted by Crippen LogP contribution is 2.18. The Morgan fingerprint density at radius 2 is 2.05 bits per heavy atom. The molecule has 0 aliphatic carbocycles. The van der Waals surface area contributed by atoms with E-state index in [0.29, 0.717) is 24.5 Å². The molecule has 0 bridgehead atoms. The van der Waals surface area contributed by atoms with E-state index in [2.05, 4.69) is 36.4 Å². The molecule has 20 heavy (non-hydrogen) atoms. The van der Waals surface area contributed by atoms with E-state index in [1.807, 2.05) is 18.2 Å². The monoisotopic (exact) mass is 272 g/mol. The molecule has 108 valence electrons. The molecule has 1 aromatic heterocycles. The summed E-state index contributed by atoms with van der Waals surface area (Å²) in [6.07, 6.45) is 3.22. The molecule has 0 saturated heterocycles. The van der Waals surface area contributed by atoms with E-state index in [9.17, 15) is 4.79 Å². The number of para-hydroxylation sites is 2. The molecule has 2 rings (SSSR count). The first-order valence-corrected chi connectivity index (χ1v) is 7.61. The average Bonchev–Trinajstić information content (AvgIpc) is 2.77. The van der Waals surface area contributed by atoms with Crippen molar-refractivity contribution in [3.05, 3.63) is 30.1 Å². The first-order chi connectivity index (χ1) is 9.65. The fourth-order valence-electron chi connectivity index (χ4n) is 2.51. The van der Waals surface area contributed by atoms with Gasteiger partial charge >= 0.3 is 0 Å². The number of rotatable bonds is 7. The molecule has 1 heterocycles. The highest BCUT2D eigenvalue weighted by atomic mass is 16.1. The van der Waals surface area contributed by atoms with Crippen LogP contribution in [0.2, 0.25) is 0 Å². The highest BCUT2D eigenvalue weighted by molar-refractivity contribution is 5.82. The van der Waals surface area contributed by atoms with Crippen molar-refractivity contribution in [2.75, 3.05) is 0 Å². The summed E-state index contributed by atoms with van der Waals surface area (Å²) in [6.45, 7) is 7.34. The topological polar surface area (TPSA) is 34.9 Å². The SMILES string of the molecule is CCCn1c(CC(=O)CC(C)CC)nc2ccccc21. The third-order valence-electron chi connectivity index (χ3n) is 3.81. The molecule has 3 heteroatoms. The largest absolute Gasteiger partial charge is 0.328 e. The zero-order valence-electron chi connectivity index (χ0n) is 12.7. The van der Waals surface area contributed by atoms with Gasteiger partial charge in [-0.3, -0.25) is 4.79 Å². The van der Waals surface area contributed by atoms with Crippen molar-refractivity contribution in [3.8, 4) is 0 Å². The van der Waals surface area contributed by atoms with Gasteiger partial charge in [0.15, 0.2) is 0 Å². The lowest BCUT2D eigenvalue weighted by Crippen LogP contribution is -2.12. The van der Waals surface area contributed by atoms with Crippen molar-refractivity contribution in [3.63, 3.8) is 0 Å². The lowest BCUT2D eigenvalue weighted by Gasteiger charge is -2.09. The van der Waals surface area contributed by atoms with Gasteiger partial charge in [0, 0.05) is 13.0 Å². The van der Waals surface area contributed by atoms with Crippen LogP contribution >= 0.6 is 0 Å². The van der Waals surface area contributed by atoms with Crippen LogP contribution in [-0.2, 0) is 17.8 Å². The van der Waals surface area contributed by atoms with Gasteiger partial charge in [-0.15, -0.1) is 0 Å². The van der Waals surface area contributed by atoms with Crippen molar-refractivity contribution >= 4 is 16.8 Å². The molecule has 0 amide bonds. The molecule has 1 unspecified atom stereocenters. The van der Waals surface area contributed by atoms with Crippen LogP contribution in [0.3, 0.4) is 0 Å². The Bertz CT molecular complexity index is 586. The lowest BCUT2D eigenvalue weighted by molar-refractivity contribution is -0.119. The van der Waals surface area contributed by atoms with Gasteiger partial charge in [-0.1, -0.05) is 39.3 Å². The molecular weight excluding hydrogens is 248 g/mol. The summed E-state index contributed by atoms with van der Waals surface area (Å²) in [4.78, 5) is 16.8. The fourth-order valence-corrected chi connectivity index (χ4v) is 2.51. The van der Waals surface area contributed by atoms with E-state index in [1.165, 1.54) is 0 Å². The van der Waals surface area contributed by atoms with Gasteiger partial charge in [-0.05, 0) is 24.5 Å². The molecular formula is C17H24N2O. The van der Waals surface area contributed by atoms with Gasteiger partial charge in [0.2, 0.25) is 0 Å². The van der Waals surface area contributed by atoms with Crippen LogP contribution in [0.1, 0.15) is 45.9 Å². The molecule has 0 spiro atoms. The number of hydrogen-bond acceptors (Lipinski definition) is 2. The molecule has 1 atom stereocenters. The van der Waals surface area contributed by atoms with Crippen LogP contribution in [-0.4, -0.2) is 15.3 Å². The number of nitrogens with zero attached hydrogens (tertiary/aromatic N) is 2. The number of imidazole rings is 1. The standard InChI is InChI=1S/C17H24N2O/c1-4-10-19-16-9-7-6-8-15(16)18-17(19)12-14(20)11-13(3)5-2/h6-9,13H,4-5,10-12H2,1-3H3. The van der Waals surface area contributed by atoms with Gasteiger partial charge in [0.25, 0.3) is 0 Å². The van der Waals surface area contributed by atoms with E-state index in [-0.39, 0.29) is 0 Å². The van der Waals surface area contributed by atoms with Crippen LogP contribution < -0.4 is 0 Å². The number of aryl methyl sites for hydroxylation is 1. The first kappa shape index (κ1) is 14.8. The van der Waals surface area contributed by atoms with Crippen LogP contribution in [0.15, 0.2) is 24.3 Å². The molecule has 0 fully saturated rings. The first-order valence-electron chi connectivity index (χ1n) is 7.61. The quantitative estimate of drug-likeness (QED) is 0.763. The minimum Gasteiger partial charge on any atom is -0.328 e. The van der Waals surface area contributed by atoms with Gasteiger partial charge < -0.3 is 4.57 Å². The highest BCUT2D eigenvalue weighted by Gasteiger charge is 2.14. The van der Waals surface area contributed by atoms with Crippen molar-refractivity contribution in [2.24, 2.45) is 5.92 Å². The van der Waals surface area contributed by atoms with E-state index in [1.54, 1.807) is 0 Å². The number of carbonyl (C=O) groups excluding carboxylic acids is 1. The summed E-state index contributed by atoms with van der Waals surface area (Å²) in [5.41, 5.74) is 2.13. The predicted molar refractivity (Wildman–Crippen MR) is 82.8 cm³/mol. The third kappa shape index (κ3) is 3.27. The van der Waals surface area contributed by atoms with Crippen molar-refractivity contribution < 1.29 is 4.79 Å². The summed E-state index contributed by atoms with van der Waals surface area (Å²) in [5, 5.41) is 0. The number of benzene rings is 1. The maximum Gasteiger partial charge on any atom is 0.140 e. The Labute approximate surface area is 121 Å². The van der Waals surface area contributed by atoms with Gasteiger partial charge in [-0.25, -0.2) is 4.98 Å². The molecule has 2 aromatic rings. The third-order valence-corrected chi connectivity index (χ3v) is 3.81. The number of ketones is 1. The zero-order valence-corrected chi connectivity index (χ0v) is 12.7. The van der Waals surface area contributed by atoms with Crippen LogP contribution in [0, 0.1) is 5.92 Å². The minimum absolute atomic E-state index is 0.298. The van der Waals surface area contributed by atoms with Crippen LogP contribution in [0.5, 0.6) is 0 Å². The lowest BCUT2D eigenvalue weighted by atomic mass is 10.0. The van der Waals surface area contributed by atoms with E-state index in [4.69, 9.17) is 0 Å². The van der Waals surface area contributed by atoms with Crippen LogP contribution in [0.25, 0.3) is 11.0 Å². The summed E-state index contributed by atoms with van der Waals surface area (Å²) < 4.78 is 2.20. The number of aromatic nitrogens is 2. The molecule has 0 aliphatic heterocycles. The number of fused-ring (bicyclic) bond motifs is 1. The predicted octanol–water partition coefficient (Wildman–Crippen LogP) is 3.99.